The fourth-order valence-electron chi connectivity index (χ4n) is 4.34. The summed E-state index contributed by atoms with van der Waals surface area (Å²) in [7, 11) is 0. The maximum absolute atomic E-state index is 2.55. The molecule has 1 atom stereocenters. The predicted octanol–water partition coefficient (Wildman–Crippen LogP) is 8.48. The van der Waals surface area contributed by atoms with Gasteiger partial charge >= 0.3 is 0 Å². The zero-order valence-corrected chi connectivity index (χ0v) is 19.8. The van der Waals surface area contributed by atoms with Crippen molar-refractivity contribution in [2.45, 2.75) is 143 Å². The van der Waals surface area contributed by atoms with Crippen molar-refractivity contribution in [3.8, 4) is 0 Å². The molecular formula is C26H52N2. The van der Waals surface area contributed by atoms with Crippen molar-refractivity contribution < 1.29 is 0 Å². The van der Waals surface area contributed by atoms with Gasteiger partial charge in [-0.3, -0.25) is 0 Å². The Morgan fingerprint density at radius 1 is 0.464 bits per heavy atom. The van der Waals surface area contributed by atoms with E-state index in [-0.39, 0.29) is 0 Å². The normalized spacial score (nSPS) is 16.5. The Balaban J connectivity index is 1.91. The lowest BCUT2D eigenvalue weighted by Gasteiger charge is -2.30. The molecule has 166 valence electrons. The molecule has 2 nitrogen and oxygen atoms in total. The third-order valence-electron chi connectivity index (χ3n) is 6.45. The molecule has 1 unspecified atom stereocenters. The van der Waals surface area contributed by atoms with Gasteiger partial charge in [0.15, 0.2) is 0 Å². The second-order valence-electron chi connectivity index (χ2n) is 9.06. The summed E-state index contributed by atoms with van der Waals surface area (Å²) < 4.78 is 0. The lowest BCUT2D eigenvalue weighted by atomic mass is 10.1. The highest BCUT2D eigenvalue weighted by Gasteiger charge is 2.20. The van der Waals surface area contributed by atoms with E-state index in [4.69, 9.17) is 0 Å². The van der Waals surface area contributed by atoms with E-state index in [0.29, 0.717) is 6.17 Å². The summed E-state index contributed by atoms with van der Waals surface area (Å²) in [5.74, 6) is 0. The van der Waals surface area contributed by atoms with Gasteiger partial charge in [-0.05, 0) is 19.8 Å². The molecule has 0 N–H and O–H groups in total. The minimum atomic E-state index is 0.572. The molecule has 0 radical (unpaired) electrons. The molecule has 1 aliphatic rings. The summed E-state index contributed by atoms with van der Waals surface area (Å²) in [6.07, 6.45) is 30.8. The number of hydrogen-bond donors (Lipinski definition) is 0. The summed E-state index contributed by atoms with van der Waals surface area (Å²) >= 11 is 0. The van der Waals surface area contributed by atoms with Crippen molar-refractivity contribution in [1.29, 1.82) is 0 Å². The van der Waals surface area contributed by atoms with E-state index in [2.05, 4.69) is 43.0 Å². The van der Waals surface area contributed by atoms with Crippen molar-refractivity contribution in [3.05, 3.63) is 12.4 Å². The van der Waals surface area contributed by atoms with E-state index < -0.39 is 0 Å². The molecule has 0 saturated heterocycles. The van der Waals surface area contributed by atoms with Crippen LogP contribution in [0.4, 0.5) is 0 Å². The summed E-state index contributed by atoms with van der Waals surface area (Å²) in [6, 6.07) is 0. The van der Waals surface area contributed by atoms with Crippen LogP contribution >= 0.6 is 0 Å². The molecule has 0 saturated carbocycles. The molecule has 0 amide bonds. The van der Waals surface area contributed by atoms with Crippen molar-refractivity contribution in [3.63, 3.8) is 0 Å². The average molecular weight is 393 g/mol. The Morgan fingerprint density at radius 2 is 0.750 bits per heavy atom. The molecular weight excluding hydrogens is 340 g/mol. The van der Waals surface area contributed by atoms with Crippen molar-refractivity contribution in [1.82, 2.24) is 9.80 Å². The fourth-order valence-corrected chi connectivity index (χ4v) is 4.34. The molecule has 0 bridgehead atoms. The van der Waals surface area contributed by atoms with Crippen LogP contribution in [0.5, 0.6) is 0 Å². The summed E-state index contributed by atoms with van der Waals surface area (Å²) in [4.78, 5) is 5.10. The van der Waals surface area contributed by atoms with E-state index in [9.17, 15) is 0 Å². The zero-order valence-electron chi connectivity index (χ0n) is 19.8. The Bertz CT molecular complexity index is 352. The van der Waals surface area contributed by atoms with Crippen LogP contribution in [0.25, 0.3) is 0 Å². The lowest BCUT2D eigenvalue weighted by molar-refractivity contribution is 0.165. The van der Waals surface area contributed by atoms with Gasteiger partial charge in [-0.15, -0.1) is 0 Å². The lowest BCUT2D eigenvalue weighted by Crippen LogP contribution is -2.36. The predicted molar refractivity (Wildman–Crippen MR) is 126 cm³/mol. The van der Waals surface area contributed by atoms with Gasteiger partial charge in [0, 0.05) is 25.5 Å². The number of unbranched alkanes of at least 4 members (excludes halogenated alkanes) is 16. The van der Waals surface area contributed by atoms with Crippen molar-refractivity contribution in [2.75, 3.05) is 13.1 Å². The topological polar surface area (TPSA) is 6.48 Å². The smallest absolute Gasteiger partial charge is 0.0977 e. The molecule has 0 aromatic heterocycles. The highest BCUT2D eigenvalue weighted by molar-refractivity contribution is 4.95. The van der Waals surface area contributed by atoms with Gasteiger partial charge < -0.3 is 9.80 Å². The first-order valence-corrected chi connectivity index (χ1v) is 13.0. The largest absolute Gasteiger partial charge is 0.356 e. The van der Waals surface area contributed by atoms with E-state index in [1.54, 1.807) is 0 Å². The van der Waals surface area contributed by atoms with Gasteiger partial charge in [0.05, 0.1) is 6.17 Å². The molecule has 0 spiro atoms. The monoisotopic (exact) mass is 392 g/mol. The first kappa shape index (κ1) is 25.4. The van der Waals surface area contributed by atoms with Gasteiger partial charge in [-0.1, -0.05) is 117 Å². The van der Waals surface area contributed by atoms with Crippen LogP contribution in [0.1, 0.15) is 136 Å². The molecule has 0 aliphatic carbocycles. The van der Waals surface area contributed by atoms with Gasteiger partial charge in [-0.25, -0.2) is 0 Å². The van der Waals surface area contributed by atoms with Gasteiger partial charge in [-0.2, -0.15) is 0 Å². The molecule has 0 aromatic carbocycles. The van der Waals surface area contributed by atoms with Gasteiger partial charge in [0.1, 0.15) is 0 Å². The van der Waals surface area contributed by atoms with Crippen LogP contribution in [-0.2, 0) is 0 Å². The molecule has 1 aliphatic heterocycles. The van der Waals surface area contributed by atoms with Crippen LogP contribution in [-0.4, -0.2) is 29.1 Å². The molecule has 1 heterocycles. The summed E-state index contributed by atoms with van der Waals surface area (Å²) in [5.41, 5.74) is 0. The van der Waals surface area contributed by atoms with Crippen molar-refractivity contribution >= 4 is 0 Å². The first-order chi connectivity index (χ1) is 13.8. The van der Waals surface area contributed by atoms with E-state index in [1.165, 1.54) is 129 Å². The summed E-state index contributed by atoms with van der Waals surface area (Å²) in [5, 5.41) is 0. The third-order valence-corrected chi connectivity index (χ3v) is 6.45. The second kappa shape index (κ2) is 18.4. The molecule has 28 heavy (non-hydrogen) atoms. The maximum Gasteiger partial charge on any atom is 0.0977 e. The second-order valence-corrected chi connectivity index (χ2v) is 9.06. The minimum absolute atomic E-state index is 0.572. The van der Waals surface area contributed by atoms with Crippen molar-refractivity contribution in [2.24, 2.45) is 0 Å². The number of rotatable bonds is 20. The van der Waals surface area contributed by atoms with Crippen LogP contribution < -0.4 is 0 Å². The van der Waals surface area contributed by atoms with E-state index in [1.807, 2.05) is 0 Å². The maximum atomic E-state index is 2.55. The van der Waals surface area contributed by atoms with Crippen LogP contribution in [0, 0.1) is 0 Å². The first-order valence-electron chi connectivity index (χ1n) is 13.0. The summed E-state index contributed by atoms with van der Waals surface area (Å²) in [6.45, 7) is 9.45. The minimum Gasteiger partial charge on any atom is -0.356 e. The van der Waals surface area contributed by atoms with E-state index in [0.717, 1.165) is 0 Å². The Hall–Kier alpha value is -0.660. The SMILES string of the molecule is CCCCCCCCCCCCN1C=CN(CCCCCCCCCC)C1C. The number of nitrogens with zero attached hydrogens (tertiary/aromatic N) is 2. The highest BCUT2D eigenvalue weighted by atomic mass is 15.4. The third kappa shape index (κ3) is 12.7. The average Bonchev–Trinajstić information content (AvgIpc) is 3.05. The Kier molecular flexibility index (Phi) is 16.7. The zero-order chi connectivity index (χ0) is 20.3. The number of hydrogen-bond acceptors (Lipinski definition) is 2. The Labute approximate surface area is 178 Å². The molecule has 1 rings (SSSR count). The van der Waals surface area contributed by atoms with Crippen LogP contribution in [0.15, 0.2) is 12.4 Å². The fraction of sp³-hybridized carbons (Fsp3) is 0.923. The molecule has 0 fully saturated rings. The Morgan fingerprint density at radius 3 is 1.07 bits per heavy atom. The molecule has 2 heteroatoms. The highest BCUT2D eigenvalue weighted by Crippen LogP contribution is 2.18. The van der Waals surface area contributed by atoms with E-state index >= 15 is 0 Å². The van der Waals surface area contributed by atoms with Gasteiger partial charge in [0.2, 0.25) is 0 Å². The quantitative estimate of drug-likeness (QED) is 0.192. The van der Waals surface area contributed by atoms with Crippen LogP contribution in [0.2, 0.25) is 0 Å². The standard InChI is InChI=1S/C26H52N2/c1-4-6-8-10-12-14-15-17-19-21-23-28-25-24-27(26(28)3)22-20-18-16-13-11-9-7-5-2/h24-26H,4-23H2,1-3H3. The van der Waals surface area contributed by atoms with Gasteiger partial charge in [0.25, 0.3) is 0 Å². The van der Waals surface area contributed by atoms with Crippen LogP contribution in [0.3, 0.4) is 0 Å². The molecule has 0 aromatic rings.